The molecule has 0 fully saturated rings. The van der Waals surface area contributed by atoms with E-state index >= 15 is 0 Å². The van der Waals surface area contributed by atoms with Gasteiger partial charge in [-0.2, -0.15) is 5.26 Å². The number of hydrogen-bond acceptors (Lipinski definition) is 4. The smallest absolute Gasteiger partial charge is 0.123 e. The molecule has 1 atom stereocenters. The van der Waals surface area contributed by atoms with Gasteiger partial charge >= 0.3 is 0 Å². The molecule has 1 aromatic heterocycles. The summed E-state index contributed by atoms with van der Waals surface area (Å²) in [5.41, 5.74) is 2.33. The Morgan fingerprint density at radius 1 is 1.08 bits per heavy atom. The van der Waals surface area contributed by atoms with Crippen molar-refractivity contribution in [1.29, 1.82) is 5.26 Å². The van der Waals surface area contributed by atoms with Crippen LogP contribution < -0.4 is 0 Å². The summed E-state index contributed by atoms with van der Waals surface area (Å²) < 4.78 is 13.3. The summed E-state index contributed by atoms with van der Waals surface area (Å²) in [4.78, 5) is 5.13. The fourth-order valence-corrected chi connectivity index (χ4v) is 3.27. The molecule has 0 amide bonds. The van der Waals surface area contributed by atoms with Crippen LogP contribution in [0.1, 0.15) is 28.0 Å². The van der Waals surface area contributed by atoms with Gasteiger partial charge in [0.1, 0.15) is 11.4 Å². The van der Waals surface area contributed by atoms with Crippen molar-refractivity contribution in [3.05, 3.63) is 87.6 Å². The number of aliphatic hydroxyl groups is 1. The van der Waals surface area contributed by atoms with Crippen molar-refractivity contribution in [2.45, 2.75) is 18.4 Å². The maximum absolute atomic E-state index is 13.3. The monoisotopic (exact) mass is 338 g/mol. The number of aryl methyl sites for hydroxylation is 1. The zero-order valence-corrected chi connectivity index (χ0v) is 13.6. The average molecular weight is 338 g/mol. The predicted octanol–water partition coefficient (Wildman–Crippen LogP) is 4.02. The second kappa shape index (κ2) is 6.91. The third-order valence-electron chi connectivity index (χ3n) is 4.03. The molecule has 3 nitrogen and oxygen atoms in total. The van der Waals surface area contributed by atoms with Crippen LogP contribution >= 0.6 is 11.3 Å². The van der Waals surface area contributed by atoms with Gasteiger partial charge in [0.05, 0.1) is 17.1 Å². The van der Waals surface area contributed by atoms with E-state index in [1.54, 1.807) is 48.1 Å². The Morgan fingerprint density at radius 3 is 2.25 bits per heavy atom. The molecule has 1 heterocycles. The molecule has 120 valence electrons. The van der Waals surface area contributed by atoms with E-state index in [2.05, 4.69) is 11.1 Å². The Bertz CT molecular complexity index is 839. The molecule has 3 rings (SSSR count). The molecular formula is C19H15FN2OS. The second-order valence-electron chi connectivity index (χ2n) is 5.52. The molecule has 5 heteroatoms. The highest BCUT2D eigenvalue weighted by Gasteiger charge is 2.31. The maximum Gasteiger partial charge on any atom is 0.123 e. The Labute approximate surface area is 143 Å². The molecular weight excluding hydrogens is 323 g/mol. The lowest BCUT2D eigenvalue weighted by Crippen LogP contribution is -2.28. The number of thiazole rings is 1. The second-order valence-corrected chi connectivity index (χ2v) is 6.49. The molecule has 0 bridgehead atoms. The van der Waals surface area contributed by atoms with E-state index in [9.17, 15) is 9.50 Å². The molecule has 24 heavy (non-hydrogen) atoms. The lowest BCUT2D eigenvalue weighted by Gasteiger charge is -2.29. The Balaban J connectivity index is 1.98. The van der Waals surface area contributed by atoms with Crippen LogP contribution in [0.3, 0.4) is 0 Å². The number of halogens is 1. The van der Waals surface area contributed by atoms with Gasteiger partial charge in [0, 0.05) is 11.1 Å². The average Bonchev–Trinajstić information content (AvgIpc) is 3.14. The first-order valence-electron chi connectivity index (χ1n) is 7.48. The molecule has 0 aliphatic carbocycles. The van der Waals surface area contributed by atoms with Crippen molar-refractivity contribution in [1.82, 2.24) is 4.98 Å². The van der Waals surface area contributed by atoms with Crippen molar-refractivity contribution >= 4 is 11.3 Å². The largest absolute Gasteiger partial charge is 0.380 e. The van der Waals surface area contributed by atoms with Crippen molar-refractivity contribution in [2.24, 2.45) is 0 Å². The van der Waals surface area contributed by atoms with Crippen molar-refractivity contribution in [3.63, 3.8) is 0 Å². The van der Waals surface area contributed by atoms with E-state index in [0.29, 0.717) is 29.5 Å². The quantitative estimate of drug-likeness (QED) is 0.764. The Morgan fingerprint density at radius 2 is 1.71 bits per heavy atom. The predicted molar refractivity (Wildman–Crippen MR) is 91.0 cm³/mol. The third kappa shape index (κ3) is 3.35. The summed E-state index contributed by atoms with van der Waals surface area (Å²) in [6, 6.07) is 14.8. The zero-order valence-electron chi connectivity index (χ0n) is 12.8. The fraction of sp³-hybridized carbons (Fsp3) is 0.158. The first-order chi connectivity index (χ1) is 11.6. The first-order valence-corrected chi connectivity index (χ1v) is 8.36. The van der Waals surface area contributed by atoms with Crippen molar-refractivity contribution in [2.75, 3.05) is 0 Å². The highest BCUT2D eigenvalue weighted by Crippen LogP contribution is 2.35. The molecule has 0 aliphatic rings. The molecule has 0 saturated heterocycles. The molecule has 2 aromatic carbocycles. The van der Waals surface area contributed by atoms with E-state index in [-0.39, 0.29) is 5.82 Å². The fourth-order valence-electron chi connectivity index (χ4n) is 2.67. The summed E-state index contributed by atoms with van der Waals surface area (Å²) in [5.74, 6) is -0.344. The molecule has 0 aliphatic heterocycles. The van der Waals surface area contributed by atoms with Crippen LogP contribution in [0, 0.1) is 17.1 Å². The number of aromatic nitrogens is 1. The lowest BCUT2D eigenvalue weighted by molar-refractivity contribution is 0.0715. The number of hydrogen-bond donors (Lipinski definition) is 1. The van der Waals surface area contributed by atoms with Crippen molar-refractivity contribution < 1.29 is 9.50 Å². The Kier molecular flexibility index (Phi) is 4.70. The topological polar surface area (TPSA) is 56.9 Å². The van der Waals surface area contributed by atoms with E-state index in [4.69, 9.17) is 5.26 Å². The molecule has 0 spiro atoms. The third-order valence-corrected chi connectivity index (χ3v) is 4.87. The number of nitrogens with zero attached hydrogens (tertiary/aromatic N) is 2. The van der Waals surface area contributed by atoms with Crippen LogP contribution in [0.4, 0.5) is 4.39 Å². The number of nitriles is 1. The summed E-state index contributed by atoms with van der Waals surface area (Å²) in [6.07, 6.45) is 2.87. The van der Waals surface area contributed by atoms with Gasteiger partial charge in [-0.25, -0.2) is 4.39 Å². The van der Waals surface area contributed by atoms with Crippen LogP contribution in [0.15, 0.2) is 60.2 Å². The van der Waals surface area contributed by atoms with Crippen LogP contribution in [0.25, 0.3) is 0 Å². The van der Waals surface area contributed by atoms with Gasteiger partial charge in [0.15, 0.2) is 0 Å². The van der Waals surface area contributed by atoms with Gasteiger partial charge < -0.3 is 5.11 Å². The highest BCUT2D eigenvalue weighted by molar-refractivity contribution is 7.09. The van der Waals surface area contributed by atoms with E-state index in [1.165, 1.54) is 23.5 Å². The van der Waals surface area contributed by atoms with E-state index in [0.717, 1.165) is 4.88 Å². The first kappa shape index (κ1) is 16.3. The Hall–Kier alpha value is -2.55. The maximum atomic E-state index is 13.3. The SMILES string of the molecule is N#Cc1ccc(C(O)(CCc2cncs2)c2ccc(F)cc2)cc1. The summed E-state index contributed by atoms with van der Waals surface area (Å²) in [7, 11) is 0. The minimum atomic E-state index is -1.26. The molecule has 1 unspecified atom stereocenters. The number of rotatable bonds is 5. The minimum Gasteiger partial charge on any atom is -0.380 e. The summed E-state index contributed by atoms with van der Waals surface area (Å²) >= 11 is 1.54. The van der Waals surface area contributed by atoms with Crippen LogP contribution in [-0.2, 0) is 12.0 Å². The molecule has 1 N–H and O–H groups in total. The molecule has 0 radical (unpaired) electrons. The highest BCUT2D eigenvalue weighted by atomic mass is 32.1. The van der Waals surface area contributed by atoms with Crippen LogP contribution in [-0.4, -0.2) is 10.1 Å². The summed E-state index contributed by atoms with van der Waals surface area (Å²) in [5, 5.41) is 20.3. The minimum absolute atomic E-state index is 0.344. The van der Waals surface area contributed by atoms with Gasteiger partial charge in [-0.1, -0.05) is 24.3 Å². The van der Waals surface area contributed by atoms with Crippen molar-refractivity contribution in [3.8, 4) is 6.07 Å². The van der Waals surface area contributed by atoms with Gasteiger partial charge in [-0.3, -0.25) is 4.98 Å². The van der Waals surface area contributed by atoms with Crippen LogP contribution in [0.2, 0.25) is 0 Å². The van der Waals surface area contributed by atoms with Gasteiger partial charge in [-0.05, 0) is 48.2 Å². The van der Waals surface area contributed by atoms with Gasteiger partial charge in [-0.15, -0.1) is 11.3 Å². The standard InChI is InChI=1S/C19H15FN2OS/c20-17-7-5-16(6-8-17)19(23,10-9-18-12-22-13-24-18)15-3-1-14(11-21)2-4-15/h1-8,12-13,23H,9-10H2. The van der Waals surface area contributed by atoms with Gasteiger partial charge in [0.25, 0.3) is 0 Å². The van der Waals surface area contributed by atoms with E-state index in [1.807, 2.05) is 0 Å². The summed E-state index contributed by atoms with van der Waals surface area (Å²) in [6.45, 7) is 0. The normalized spacial score (nSPS) is 13.2. The van der Waals surface area contributed by atoms with Crippen LogP contribution in [0.5, 0.6) is 0 Å². The lowest BCUT2D eigenvalue weighted by atomic mass is 9.82. The van der Waals surface area contributed by atoms with E-state index < -0.39 is 5.60 Å². The molecule has 3 aromatic rings. The molecule has 0 saturated carbocycles. The zero-order chi connectivity index (χ0) is 17.0. The number of benzene rings is 2. The van der Waals surface area contributed by atoms with Gasteiger partial charge in [0.2, 0.25) is 0 Å².